The molecule has 0 amide bonds. The van der Waals surface area contributed by atoms with Crippen LogP contribution < -0.4 is 4.74 Å². The number of rotatable bonds is 21. The fraction of sp³-hybridized carbons (Fsp3) is 0.500. The quantitative estimate of drug-likeness (QED) is 0.0281. The summed E-state index contributed by atoms with van der Waals surface area (Å²) in [4.78, 5) is 53.3. The molecule has 438 valence electrons. The molecule has 4 fully saturated rings. The zero-order valence-corrected chi connectivity index (χ0v) is 42.6. The number of hydrogen-bond donors (Lipinski definition) is 12. The maximum atomic E-state index is 14.0. The summed E-state index contributed by atoms with van der Waals surface area (Å²) in [6.07, 6.45) is -33.2. The standard InChI is InChI=1S/C52H62O28/c1-24(56)70-22-34-38(62)41(65)43(67)50(74-34)76-45-44(75-36(60)17-12-26-10-15-29(58)30(18-26)69-2)33(21-55)73-51(46(45)77-49-42(66)40(64)37(61)31(19-53)72-49)80-52(23-71-35(59)16-11-25-8-13-28(57)14-9-25)47(39(63)32(20-54)79-52)78-48(68)27-6-4-3-5-7-27/h3-18,31-34,37-47,49-51,53-55,57-58,61-67H,19-23H2,1-2H3/t31-,32-,33+,34+,37+,38-,39+,40-,41+,42+,43+,44-,45-,46+,47+,49+,50+,51-,52+/m1/s1. The molecule has 0 bridgehead atoms. The van der Waals surface area contributed by atoms with E-state index in [-0.39, 0.29) is 28.4 Å². The second kappa shape index (κ2) is 27.5. The molecule has 0 spiro atoms. The molecule has 80 heavy (non-hydrogen) atoms. The van der Waals surface area contributed by atoms with Crippen molar-refractivity contribution in [3.63, 3.8) is 0 Å². The number of carbonyl (C=O) groups is 4. The third kappa shape index (κ3) is 14.4. The molecule has 0 aliphatic carbocycles. The summed E-state index contributed by atoms with van der Waals surface area (Å²) in [5, 5.41) is 130. The molecular weight excluding hydrogens is 1070 g/mol. The molecule has 0 aromatic heterocycles. The Hall–Kier alpha value is -6.26. The lowest BCUT2D eigenvalue weighted by Gasteiger charge is -2.50. The number of esters is 4. The van der Waals surface area contributed by atoms with Crippen molar-refractivity contribution in [3.8, 4) is 17.2 Å². The Kier molecular flexibility index (Phi) is 21.1. The van der Waals surface area contributed by atoms with Gasteiger partial charge in [0.05, 0.1) is 32.5 Å². The average Bonchev–Trinajstić information content (AvgIpc) is 3.92. The number of carbonyl (C=O) groups excluding carboxylic acids is 4. The van der Waals surface area contributed by atoms with Gasteiger partial charge in [0, 0.05) is 19.1 Å². The van der Waals surface area contributed by atoms with E-state index in [2.05, 4.69) is 0 Å². The van der Waals surface area contributed by atoms with Crippen LogP contribution in [0.1, 0.15) is 28.4 Å². The number of phenols is 2. The summed E-state index contributed by atoms with van der Waals surface area (Å²) in [5.74, 6) is -7.61. The van der Waals surface area contributed by atoms with E-state index in [1.165, 1.54) is 86.0 Å². The lowest BCUT2D eigenvalue weighted by Crippen LogP contribution is -2.69. The van der Waals surface area contributed by atoms with Gasteiger partial charge in [0.1, 0.15) is 98.3 Å². The van der Waals surface area contributed by atoms with Crippen molar-refractivity contribution in [3.05, 3.63) is 102 Å². The fourth-order valence-electron chi connectivity index (χ4n) is 8.87. The highest BCUT2D eigenvalue weighted by Crippen LogP contribution is 2.42. The Morgan fingerprint density at radius 1 is 0.588 bits per heavy atom. The minimum absolute atomic E-state index is 0.0128. The lowest BCUT2D eigenvalue weighted by molar-refractivity contribution is -0.421. The Morgan fingerprint density at radius 2 is 1.16 bits per heavy atom. The Morgan fingerprint density at radius 3 is 1.79 bits per heavy atom. The van der Waals surface area contributed by atoms with Gasteiger partial charge in [-0.1, -0.05) is 36.4 Å². The van der Waals surface area contributed by atoms with Crippen LogP contribution in [-0.2, 0) is 66.5 Å². The van der Waals surface area contributed by atoms with Crippen molar-refractivity contribution in [2.45, 2.75) is 123 Å². The molecule has 28 heteroatoms. The Bertz CT molecular complexity index is 2600. The first-order valence-corrected chi connectivity index (χ1v) is 24.7. The van der Waals surface area contributed by atoms with Crippen LogP contribution in [0, 0.1) is 0 Å². The smallest absolute Gasteiger partial charge is 0.338 e. The molecule has 0 unspecified atom stereocenters. The van der Waals surface area contributed by atoms with Gasteiger partial charge in [-0.15, -0.1) is 0 Å². The number of methoxy groups -OCH3 is 1. The molecular formula is C52H62O28. The molecule has 4 saturated heterocycles. The summed E-state index contributed by atoms with van der Waals surface area (Å²) in [6, 6.07) is 16.7. The van der Waals surface area contributed by atoms with Crippen molar-refractivity contribution >= 4 is 36.0 Å². The zero-order valence-electron chi connectivity index (χ0n) is 42.6. The maximum Gasteiger partial charge on any atom is 0.338 e. The average molecular weight is 1140 g/mol. The third-order valence-corrected chi connectivity index (χ3v) is 13.1. The van der Waals surface area contributed by atoms with Gasteiger partial charge >= 0.3 is 23.9 Å². The van der Waals surface area contributed by atoms with Crippen LogP contribution in [0.25, 0.3) is 12.2 Å². The van der Waals surface area contributed by atoms with E-state index in [1.54, 1.807) is 6.07 Å². The van der Waals surface area contributed by atoms with Crippen LogP contribution in [0.5, 0.6) is 17.2 Å². The molecule has 0 radical (unpaired) electrons. The van der Waals surface area contributed by atoms with Crippen molar-refractivity contribution in [2.75, 3.05) is 40.1 Å². The topological polar surface area (TPSA) is 422 Å². The van der Waals surface area contributed by atoms with Crippen molar-refractivity contribution < 1.29 is 137 Å². The van der Waals surface area contributed by atoms with E-state index in [4.69, 9.17) is 56.8 Å². The van der Waals surface area contributed by atoms with Gasteiger partial charge < -0.3 is 118 Å². The fourth-order valence-corrected chi connectivity index (χ4v) is 8.87. The Labute approximate surface area is 454 Å². The van der Waals surface area contributed by atoms with E-state index in [0.29, 0.717) is 5.56 Å². The second-order valence-electron chi connectivity index (χ2n) is 18.6. The van der Waals surface area contributed by atoms with Gasteiger partial charge in [0.25, 0.3) is 0 Å². The summed E-state index contributed by atoms with van der Waals surface area (Å²) < 4.78 is 70.4. The molecule has 4 aliphatic rings. The highest BCUT2D eigenvalue weighted by Gasteiger charge is 2.64. The molecule has 19 atom stereocenters. The molecule has 4 heterocycles. The molecule has 4 aliphatic heterocycles. The Balaban J connectivity index is 1.36. The first kappa shape index (κ1) is 61.4. The zero-order chi connectivity index (χ0) is 58.0. The van der Waals surface area contributed by atoms with Gasteiger partial charge in [-0.2, -0.15) is 0 Å². The van der Waals surface area contributed by atoms with Crippen molar-refractivity contribution in [2.24, 2.45) is 0 Å². The van der Waals surface area contributed by atoms with E-state index in [9.17, 15) is 80.5 Å². The lowest BCUT2D eigenvalue weighted by atomic mass is 9.95. The molecule has 0 saturated carbocycles. The van der Waals surface area contributed by atoms with Crippen LogP contribution in [0.3, 0.4) is 0 Å². The molecule has 12 N–H and O–H groups in total. The largest absolute Gasteiger partial charge is 0.508 e. The predicted molar refractivity (Wildman–Crippen MR) is 262 cm³/mol. The minimum Gasteiger partial charge on any atom is -0.508 e. The monoisotopic (exact) mass is 1130 g/mol. The van der Waals surface area contributed by atoms with E-state index < -0.39 is 173 Å². The van der Waals surface area contributed by atoms with E-state index in [1.807, 2.05) is 0 Å². The third-order valence-electron chi connectivity index (χ3n) is 13.1. The number of ether oxygens (including phenoxy) is 12. The van der Waals surface area contributed by atoms with Gasteiger partial charge in [0.2, 0.25) is 5.79 Å². The molecule has 3 aromatic carbocycles. The van der Waals surface area contributed by atoms with Crippen molar-refractivity contribution in [1.82, 2.24) is 0 Å². The van der Waals surface area contributed by atoms with Gasteiger partial charge in [-0.25, -0.2) is 14.4 Å². The van der Waals surface area contributed by atoms with Gasteiger partial charge in [0.15, 0.2) is 42.6 Å². The SMILES string of the molecule is COc1cc(C=CC(=O)O[C@H]2[C@@H](O[C@@H]3O[C@@H](COC(C)=O)[C@@H](O)[C@H](O)[C@@H]3O)[C@H](O[C@@H]3O[C@H](CO)[C@H](O)[C@@H](O)[C@@H]3O)[C@@H](O[C@]3(COC(=O)C=Cc4ccc(O)cc4)O[C@H](CO)[C@H](O)[C@@H]3OC(=O)c3ccccc3)O[C@H]2CO)ccc1O. The van der Waals surface area contributed by atoms with Crippen LogP contribution in [-0.4, -0.2) is 242 Å². The summed E-state index contributed by atoms with van der Waals surface area (Å²) in [7, 11) is 1.27. The van der Waals surface area contributed by atoms with Gasteiger partial charge in [-0.3, -0.25) is 4.79 Å². The first-order chi connectivity index (χ1) is 38.2. The molecule has 7 rings (SSSR count). The highest BCUT2D eigenvalue weighted by molar-refractivity contribution is 5.90. The highest BCUT2D eigenvalue weighted by atomic mass is 16.8. The number of aromatic hydroxyl groups is 2. The van der Waals surface area contributed by atoms with Crippen LogP contribution in [0.15, 0.2) is 84.9 Å². The van der Waals surface area contributed by atoms with Gasteiger partial charge in [-0.05, 0) is 59.7 Å². The van der Waals surface area contributed by atoms with E-state index >= 15 is 0 Å². The van der Waals surface area contributed by atoms with Crippen LogP contribution in [0.2, 0.25) is 0 Å². The maximum absolute atomic E-state index is 14.0. The second-order valence-corrected chi connectivity index (χ2v) is 18.6. The number of hydrogen-bond acceptors (Lipinski definition) is 28. The summed E-state index contributed by atoms with van der Waals surface area (Å²) >= 11 is 0. The van der Waals surface area contributed by atoms with Crippen LogP contribution >= 0.6 is 0 Å². The summed E-state index contributed by atoms with van der Waals surface area (Å²) in [6.45, 7) is -4.16. The summed E-state index contributed by atoms with van der Waals surface area (Å²) in [5.41, 5.74) is 0.570. The number of aliphatic hydroxyl groups excluding tert-OH is 10. The molecule has 3 aromatic rings. The minimum atomic E-state index is -2.89. The predicted octanol–water partition coefficient (Wildman–Crippen LogP) is -3.36. The number of aliphatic hydroxyl groups is 10. The van der Waals surface area contributed by atoms with E-state index in [0.717, 1.165) is 19.1 Å². The van der Waals surface area contributed by atoms with Crippen LogP contribution in [0.4, 0.5) is 0 Å². The number of phenolic OH excluding ortho intramolecular Hbond substituents is 2. The normalized spacial score (nSPS) is 34.5. The molecule has 28 nitrogen and oxygen atoms in total. The van der Waals surface area contributed by atoms with Crippen molar-refractivity contribution in [1.29, 1.82) is 0 Å². The first-order valence-electron chi connectivity index (χ1n) is 24.7. The number of benzene rings is 3.